The fourth-order valence-corrected chi connectivity index (χ4v) is 2.78. The smallest absolute Gasteiger partial charge is 0.226 e. The molecule has 0 aromatic heterocycles. The summed E-state index contributed by atoms with van der Waals surface area (Å²) in [6.45, 7) is 7.60. The van der Waals surface area contributed by atoms with E-state index in [0.29, 0.717) is 6.54 Å². The lowest BCUT2D eigenvalue weighted by Gasteiger charge is -2.36. The van der Waals surface area contributed by atoms with Gasteiger partial charge < -0.3 is 20.3 Å². The summed E-state index contributed by atoms with van der Waals surface area (Å²) in [7, 11) is 1.73. The zero-order chi connectivity index (χ0) is 18.1. The van der Waals surface area contributed by atoms with E-state index in [1.54, 1.807) is 7.11 Å². The van der Waals surface area contributed by atoms with Crippen LogP contribution in [-0.4, -0.2) is 69.7 Å². The number of hydrogen-bond acceptors (Lipinski definition) is 5. The van der Waals surface area contributed by atoms with Crippen LogP contribution in [0.2, 0.25) is 0 Å². The number of amides is 2. The van der Waals surface area contributed by atoms with Crippen molar-refractivity contribution < 1.29 is 14.3 Å². The van der Waals surface area contributed by atoms with Crippen molar-refractivity contribution in [1.82, 2.24) is 10.2 Å². The van der Waals surface area contributed by atoms with Crippen LogP contribution in [0.15, 0.2) is 24.3 Å². The van der Waals surface area contributed by atoms with E-state index < -0.39 is 0 Å². The number of carbonyl (C=O) groups excluding carboxylic acids is 2. The Kier molecular flexibility index (Phi) is 7.69. The zero-order valence-corrected chi connectivity index (χ0v) is 15.1. The van der Waals surface area contributed by atoms with Crippen molar-refractivity contribution in [2.24, 2.45) is 0 Å². The van der Waals surface area contributed by atoms with Crippen molar-refractivity contribution in [2.75, 3.05) is 63.2 Å². The standard InChI is InChI=1S/C18H28N4O3/c1-15(23)19-8-7-18(24)20-16-3-5-17(6-4-16)22-11-9-21(10-12-22)13-14-25-2/h3-6H,7-14H2,1-2H3,(H,19,23)(H,20,24). The number of ether oxygens (including phenoxy) is 1. The molecule has 138 valence electrons. The van der Waals surface area contributed by atoms with Gasteiger partial charge in [0.15, 0.2) is 0 Å². The lowest BCUT2D eigenvalue weighted by Crippen LogP contribution is -2.47. The average molecular weight is 348 g/mol. The molecule has 1 aromatic rings. The van der Waals surface area contributed by atoms with E-state index in [-0.39, 0.29) is 18.2 Å². The lowest BCUT2D eigenvalue weighted by atomic mass is 10.2. The van der Waals surface area contributed by atoms with Crippen molar-refractivity contribution in [3.05, 3.63) is 24.3 Å². The minimum atomic E-state index is -0.125. The van der Waals surface area contributed by atoms with Crippen LogP contribution in [0.4, 0.5) is 11.4 Å². The molecule has 2 N–H and O–H groups in total. The van der Waals surface area contributed by atoms with Gasteiger partial charge in [-0.05, 0) is 24.3 Å². The molecular weight excluding hydrogens is 320 g/mol. The molecule has 0 saturated carbocycles. The largest absolute Gasteiger partial charge is 0.383 e. The van der Waals surface area contributed by atoms with Gasteiger partial charge in [0.1, 0.15) is 0 Å². The summed E-state index contributed by atoms with van der Waals surface area (Å²) in [5, 5.41) is 5.46. The van der Waals surface area contributed by atoms with E-state index in [9.17, 15) is 9.59 Å². The van der Waals surface area contributed by atoms with Crippen LogP contribution >= 0.6 is 0 Å². The molecule has 0 aliphatic carbocycles. The molecule has 1 aliphatic rings. The Labute approximate surface area is 149 Å². The molecule has 0 bridgehead atoms. The molecule has 1 aromatic carbocycles. The second-order valence-corrected chi connectivity index (χ2v) is 6.15. The maximum atomic E-state index is 11.8. The first-order valence-corrected chi connectivity index (χ1v) is 8.69. The third-order valence-corrected chi connectivity index (χ3v) is 4.23. The van der Waals surface area contributed by atoms with Gasteiger partial charge in [0.25, 0.3) is 0 Å². The van der Waals surface area contributed by atoms with Crippen LogP contribution in [0.3, 0.4) is 0 Å². The summed E-state index contributed by atoms with van der Waals surface area (Å²) in [6, 6.07) is 7.91. The SMILES string of the molecule is COCCN1CCN(c2ccc(NC(=O)CCNC(C)=O)cc2)CC1. The summed E-state index contributed by atoms with van der Waals surface area (Å²) in [5.74, 6) is -0.229. The van der Waals surface area contributed by atoms with E-state index in [4.69, 9.17) is 4.74 Å². The minimum absolute atomic E-state index is 0.103. The molecular formula is C18H28N4O3. The number of anilines is 2. The monoisotopic (exact) mass is 348 g/mol. The normalized spacial score (nSPS) is 15.0. The number of methoxy groups -OCH3 is 1. The van der Waals surface area contributed by atoms with Crippen molar-refractivity contribution >= 4 is 23.2 Å². The van der Waals surface area contributed by atoms with E-state index in [1.165, 1.54) is 12.6 Å². The topological polar surface area (TPSA) is 73.9 Å². The number of piperazine rings is 1. The van der Waals surface area contributed by atoms with Crippen molar-refractivity contribution in [3.8, 4) is 0 Å². The van der Waals surface area contributed by atoms with Crippen LogP contribution in [0.5, 0.6) is 0 Å². The van der Waals surface area contributed by atoms with Crippen LogP contribution in [-0.2, 0) is 14.3 Å². The number of nitrogens with zero attached hydrogens (tertiary/aromatic N) is 2. The Bertz CT molecular complexity index is 554. The Morgan fingerprint density at radius 3 is 2.40 bits per heavy atom. The molecule has 25 heavy (non-hydrogen) atoms. The highest BCUT2D eigenvalue weighted by molar-refractivity contribution is 5.91. The average Bonchev–Trinajstić information content (AvgIpc) is 2.61. The fourth-order valence-electron chi connectivity index (χ4n) is 2.78. The summed E-state index contributed by atoms with van der Waals surface area (Å²) >= 11 is 0. The number of benzene rings is 1. The van der Waals surface area contributed by atoms with Gasteiger partial charge in [-0.2, -0.15) is 0 Å². The van der Waals surface area contributed by atoms with Gasteiger partial charge in [0.2, 0.25) is 11.8 Å². The van der Waals surface area contributed by atoms with E-state index in [0.717, 1.165) is 45.0 Å². The summed E-state index contributed by atoms with van der Waals surface area (Å²) in [5.41, 5.74) is 1.94. The maximum absolute atomic E-state index is 11.8. The van der Waals surface area contributed by atoms with Crippen molar-refractivity contribution in [2.45, 2.75) is 13.3 Å². The Morgan fingerprint density at radius 1 is 1.12 bits per heavy atom. The number of carbonyl (C=O) groups is 2. The van der Waals surface area contributed by atoms with Crippen LogP contribution < -0.4 is 15.5 Å². The molecule has 1 heterocycles. The highest BCUT2D eigenvalue weighted by Gasteiger charge is 2.16. The number of hydrogen-bond donors (Lipinski definition) is 2. The molecule has 0 unspecified atom stereocenters. The van der Waals surface area contributed by atoms with Gasteiger partial charge in [-0.15, -0.1) is 0 Å². The first-order valence-electron chi connectivity index (χ1n) is 8.69. The van der Waals surface area contributed by atoms with Crippen molar-refractivity contribution in [1.29, 1.82) is 0 Å². The predicted molar refractivity (Wildman–Crippen MR) is 98.9 cm³/mol. The summed E-state index contributed by atoms with van der Waals surface area (Å²) < 4.78 is 5.13. The molecule has 0 radical (unpaired) electrons. The van der Waals surface area contributed by atoms with Crippen molar-refractivity contribution in [3.63, 3.8) is 0 Å². The molecule has 1 saturated heterocycles. The number of rotatable bonds is 8. The van der Waals surface area contributed by atoms with Gasteiger partial charge in [-0.25, -0.2) is 0 Å². The molecule has 1 aliphatic heterocycles. The molecule has 0 atom stereocenters. The lowest BCUT2D eigenvalue weighted by molar-refractivity contribution is -0.119. The molecule has 1 fully saturated rings. The molecule has 7 heteroatoms. The first kappa shape index (κ1) is 19.2. The van der Waals surface area contributed by atoms with E-state index in [2.05, 4.69) is 20.4 Å². The molecule has 2 rings (SSSR count). The summed E-state index contributed by atoms with van der Waals surface area (Å²) in [4.78, 5) is 27.4. The first-order chi connectivity index (χ1) is 12.1. The molecule has 2 amide bonds. The Balaban J connectivity index is 1.76. The zero-order valence-electron chi connectivity index (χ0n) is 15.1. The fraction of sp³-hybridized carbons (Fsp3) is 0.556. The van der Waals surface area contributed by atoms with Crippen LogP contribution in [0, 0.1) is 0 Å². The van der Waals surface area contributed by atoms with Gasteiger partial charge >= 0.3 is 0 Å². The highest BCUT2D eigenvalue weighted by atomic mass is 16.5. The number of nitrogens with one attached hydrogen (secondary N) is 2. The Morgan fingerprint density at radius 2 is 1.80 bits per heavy atom. The van der Waals surface area contributed by atoms with Crippen LogP contribution in [0.1, 0.15) is 13.3 Å². The van der Waals surface area contributed by atoms with Gasteiger partial charge in [-0.3, -0.25) is 14.5 Å². The van der Waals surface area contributed by atoms with Crippen LogP contribution in [0.25, 0.3) is 0 Å². The third kappa shape index (κ3) is 6.72. The van der Waals surface area contributed by atoms with E-state index >= 15 is 0 Å². The highest BCUT2D eigenvalue weighted by Crippen LogP contribution is 2.19. The summed E-state index contributed by atoms with van der Waals surface area (Å²) in [6.07, 6.45) is 0.269. The van der Waals surface area contributed by atoms with Gasteiger partial charge in [0, 0.05) is 71.1 Å². The maximum Gasteiger partial charge on any atom is 0.226 e. The van der Waals surface area contributed by atoms with E-state index in [1.807, 2.05) is 24.3 Å². The predicted octanol–water partition coefficient (Wildman–Crippen LogP) is 0.920. The second kappa shape index (κ2) is 10.0. The molecule has 0 spiro atoms. The van der Waals surface area contributed by atoms with Gasteiger partial charge in [-0.1, -0.05) is 0 Å². The third-order valence-electron chi connectivity index (χ3n) is 4.23. The Hall–Kier alpha value is -2.12. The minimum Gasteiger partial charge on any atom is -0.383 e. The second-order valence-electron chi connectivity index (χ2n) is 6.15. The quantitative estimate of drug-likeness (QED) is 0.731. The molecule has 7 nitrogen and oxygen atoms in total. The van der Waals surface area contributed by atoms with Gasteiger partial charge in [0.05, 0.1) is 6.61 Å².